The van der Waals surface area contributed by atoms with Crippen molar-refractivity contribution in [1.29, 1.82) is 0 Å². The predicted octanol–water partition coefficient (Wildman–Crippen LogP) is 4.18. The number of carbonyl (C=O) groups excluding carboxylic acids is 1. The minimum atomic E-state index is -1.17. The van der Waals surface area contributed by atoms with Crippen LogP contribution in [0.2, 0.25) is 0 Å². The van der Waals surface area contributed by atoms with Crippen LogP contribution in [0.5, 0.6) is 5.75 Å². The lowest BCUT2D eigenvalue weighted by atomic mass is 9.86. The molecule has 2 atom stereocenters. The molecular weight excluding hydrogens is 522 g/mol. The van der Waals surface area contributed by atoms with Crippen LogP contribution in [0.15, 0.2) is 88.3 Å². The molecular formula is C28H30BrN3O4. The summed E-state index contributed by atoms with van der Waals surface area (Å²) >= 11 is 3.61. The Balaban J connectivity index is 1.57. The fourth-order valence-electron chi connectivity index (χ4n) is 4.01. The Bertz CT molecular complexity index is 1190. The van der Waals surface area contributed by atoms with Gasteiger partial charge in [0.05, 0.1) is 6.61 Å². The summed E-state index contributed by atoms with van der Waals surface area (Å²) in [6.07, 6.45) is 0.430. The molecule has 0 aliphatic carbocycles. The largest absolute Gasteiger partial charge is 0.494 e. The van der Waals surface area contributed by atoms with Crippen molar-refractivity contribution in [2.45, 2.75) is 38.0 Å². The first-order valence-electron chi connectivity index (χ1n) is 11.9. The van der Waals surface area contributed by atoms with Crippen LogP contribution in [0.4, 0.5) is 0 Å². The molecule has 0 radical (unpaired) electrons. The molecule has 0 fully saturated rings. The number of hydrogen-bond acceptors (Lipinski definition) is 6. The number of amides is 1. The van der Waals surface area contributed by atoms with Crippen molar-refractivity contribution in [3.05, 3.63) is 100 Å². The van der Waals surface area contributed by atoms with E-state index in [1.54, 1.807) is 0 Å². The van der Waals surface area contributed by atoms with E-state index in [0.29, 0.717) is 37.6 Å². The second-order valence-corrected chi connectivity index (χ2v) is 9.47. The highest BCUT2D eigenvalue weighted by Gasteiger charge is 2.50. The summed E-state index contributed by atoms with van der Waals surface area (Å²) in [6.45, 7) is 2.88. The molecule has 3 aromatic carbocycles. The second-order valence-electron chi connectivity index (χ2n) is 8.61. The first kappa shape index (κ1) is 25.9. The van der Waals surface area contributed by atoms with E-state index >= 15 is 0 Å². The molecule has 1 amide bonds. The third-order valence-corrected chi connectivity index (χ3v) is 6.86. The van der Waals surface area contributed by atoms with E-state index in [1.807, 2.05) is 85.8 Å². The second kappa shape index (κ2) is 12.2. The number of aliphatic hydroxyl groups excluding tert-OH is 1. The molecule has 0 aromatic heterocycles. The average molecular weight is 552 g/mol. The Labute approximate surface area is 219 Å². The Hall–Kier alpha value is -3.20. The number of aliphatic hydroxyl groups is 1. The van der Waals surface area contributed by atoms with E-state index in [9.17, 15) is 4.79 Å². The maximum atomic E-state index is 13.6. The van der Waals surface area contributed by atoms with Crippen LogP contribution in [0.1, 0.15) is 30.0 Å². The van der Waals surface area contributed by atoms with Crippen molar-refractivity contribution in [3.63, 3.8) is 0 Å². The standard InChI is InChI=1S/C28H30BrN3O4/c1-20-28(18-23-10-5-6-11-25(23)29,27(34)32-30-19-21-8-3-2-4-9-21)31-26(36-20)22-12-14-24(15-13-22)35-17-7-16-33/h2-6,8-15,20,30,33H,7,16-19H2,1H3,(H,32,34)/t20-,28-/m0/s1. The van der Waals surface area contributed by atoms with Gasteiger partial charge in [-0.3, -0.25) is 10.2 Å². The van der Waals surface area contributed by atoms with Crippen molar-refractivity contribution in [1.82, 2.24) is 10.9 Å². The quantitative estimate of drug-likeness (QED) is 0.245. The number of nitrogens with one attached hydrogen (secondary N) is 2. The van der Waals surface area contributed by atoms with E-state index in [-0.39, 0.29) is 12.5 Å². The van der Waals surface area contributed by atoms with Gasteiger partial charge in [0.15, 0.2) is 5.54 Å². The van der Waals surface area contributed by atoms with Gasteiger partial charge in [0.25, 0.3) is 5.91 Å². The first-order chi connectivity index (χ1) is 17.5. The summed E-state index contributed by atoms with van der Waals surface area (Å²) in [5, 5.41) is 8.93. The van der Waals surface area contributed by atoms with Gasteiger partial charge in [-0.25, -0.2) is 10.4 Å². The maximum Gasteiger partial charge on any atom is 0.266 e. The molecule has 1 aliphatic heterocycles. The van der Waals surface area contributed by atoms with E-state index in [1.165, 1.54) is 0 Å². The van der Waals surface area contributed by atoms with Gasteiger partial charge in [-0.2, -0.15) is 0 Å². The van der Waals surface area contributed by atoms with Gasteiger partial charge < -0.3 is 14.6 Å². The van der Waals surface area contributed by atoms with Crippen LogP contribution in [-0.2, 0) is 22.5 Å². The smallest absolute Gasteiger partial charge is 0.266 e. The van der Waals surface area contributed by atoms with Gasteiger partial charge >= 0.3 is 0 Å². The van der Waals surface area contributed by atoms with Crippen LogP contribution in [0.3, 0.4) is 0 Å². The van der Waals surface area contributed by atoms with Crippen molar-refractivity contribution >= 4 is 27.7 Å². The fraction of sp³-hybridized carbons (Fsp3) is 0.286. The summed E-state index contributed by atoms with van der Waals surface area (Å²) in [7, 11) is 0. The van der Waals surface area contributed by atoms with Crippen LogP contribution in [0, 0.1) is 0 Å². The molecule has 8 heteroatoms. The summed E-state index contributed by atoms with van der Waals surface area (Å²) in [4.78, 5) is 18.5. The van der Waals surface area contributed by atoms with Crippen molar-refractivity contribution in [3.8, 4) is 5.75 Å². The van der Waals surface area contributed by atoms with Gasteiger partial charge in [0, 0.05) is 36.0 Å². The summed E-state index contributed by atoms with van der Waals surface area (Å²) < 4.78 is 12.7. The third kappa shape index (κ3) is 6.13. The minimum Gasteiger partial charge on any atom is -0.494 e. The number of hydrazine groups is 1. The lowest BCUT2D eigenvalue weighted by Crippen LogP contribution is -2.55. The van der Waals surface area contributed by atoms with Crippen LogP contribution < -0.4 is 15.6 Å². The summed E-state index contributed by atoms with van der Waals surface area (Å²) in [6, 6.07) is 25.1. The number of aliphatic imine (C=N–C) groups is 1. The molecule has 1 aliphatic rings. The molecule has 36 heavy (non-hydrogen) atoms. The van der Waals surface area contributed by atoms with Crippen LogP contribution in [-0.4, -0.2) is 41.8 Å². The maximum absolute atomic E-state index is 13.6. The van der Waals surface area contributed by atoms with E-state index in [2.05, 4.69) is 26.8 Å². The van der Waals surface area contributed by atoms with Crippen molar-refractivity contribution in [2.24, 2.45) is 4.99 Å². The SMILES string of the molecule is C[C@@H]1OC(c2ccc(OCCCO)cc2)=N[C@]1(Cc1ccccc1Br)C(=O)NNCc1ccccc1. The van der Waals surface area contributed by atoms with Crippen molar-refractivity contribution in [2.75, 3.05) is 13.2 Å². The molecule has 1 heterocycles. The number of benzene rings is 3. The zero-order chi connectivity index (χ0) is 25.4. The molecule has 188 valence electrons. The molecule has 0 spiro atoms. The number of halogens is 1. The minimum absolute atomic E-state index is 0.0858. The number of hydrogen-bond donors (Lipinski definition) is 3. The summed E-state index contributed by atoms with van der Waals surface area (Å²) in [5.74, 6) is 0.844. The van der Waals surface area contributed by atoms with E-state index in [0.717, 1.165) is 21.2 Å². The molecule has 3 aromatic rings. The lowest BCUT2D eigenvalue weighted by molar-refractivity contribution is -0.129. The summed E-state index contributed by atoms with van der Waals surface area (Å²) in [5.41, 5.74) is 7.51. The third-order valence-electron chi connectivity index (χ3n) is 6.08. The predicted molar refractivity (Wildman–Crippen MR) is 143 cm³/mol. The number of ether oxygens (including phenoxy) is 2. The molecule has 3 N–H and O–H groups in total. The molecule has 0 saturated carbocycles. The highest BCUT2D eigenvalue weighted by molar-refractivity contribution is 9.10. The fourth-order valence-corrected chi connectivity index (χ4v) is 4.43. The molecule has 0 bridgehead atoms. The Morgan fingerprint density at radius 1 is 1.08 bits per heavy atom. The molecule has 0 saturated heterocycles. The Kier molecular flexibility index (Phi) is 8.74. The molecule has 7 nitrogen and oxygen atoms in total. The highest BCUT2D eigenvalue weighted by atomic mass is 79.9. The Morgan fingerprint density at radius 2 is 1.81 bits per heavy atom. The molecule has 4 rings (SSSR count). The monoisotopic (exact) mass is 551 g/mol. The van der Waals surface area contributed by atoms with Gasteiger partial charge in [-0.15, -0.1) is 0 Å². The number of rotatable bonds is 11. The van der Waals surface area contributed by atoms with E-state index < -0.39 is 11.6 Å². The number of nitrogens with zero attached hydrogens (tertiary/aromatic N) is 1. The van der Waals surface area contributed by atoms with Gasteiger partial charge in [-0.1, -0.05) is 64.5 Å². The Morgan fingerprint density at radius 3 is 2.53 bits per heavy atom. The van der Waals surface area contributed by atoms with Crippen LogP contribution in [0.25, 0.3) is 0 Å². The lowest BCUT2D eigenvalue weighted by Gasteiger charge is -2.28. The zero-order valence-corrected chi connectivity index (χ0v) is 21.7. The average Bonchev–Trinajstić information content (AvgIpc) is 3.23. The topological polar surface area (TPSA) is 92.2 Å². The highest BCUT2D eigenvalue weighted by Crippen LogP contribution is 2.34. The normalized spacial score (nSPS) is 18.9. The van der Waals surface area contributed by atoms with Crippen LogP contribution >= 0.6 is 15.9 Å². The van der Waals surface area contributed by atoms with Gasteiger partial charge in [-0.05, 0) is 48.4 Å². The van der Waals surface area contributed by atoms with Gasteiger partial charge in [0.1, 0.15) is 11.9 Å². The first-order valence-corrected chi connectivity index (χ1v) is 12.7. The van der Waals surface area contributed by atoms with E-state index in [4.69, 9.17) is 19.6 Å². The van der Waals surface area contributed by atoms with Crippen molar-refractivity contribution < 1.29 is 19.4 Å². The van der Waals surface area contributed by atoms with Gasteiger partial charge in [0.2, 0.25) is 5.90 Å². The zero-order valence-electron chi connectivity index (χ0n) is 20.1. The molecule has 0 unspecified atom stereocenters. The number of carbonyl (C=O) groups is 1.